The second-order valence-corrected chi connectivity index (χ2v) is 7.54. The number of methoxy groups -OCH3 is 1. The van der Waals surface area contributed by atoms with E-state index >= 15 is 0 Å². The zero-order valence-corrected chi connectivity index (χ0v) is 13.7. The molecule has 2 aliphatic heterocycles. The van der Waals surface area contributed by atoms with Gasteiger partial charge in [-0.25, -0.2) is 0 Å². The molecule has 4 rings (SSSR count). The van der Waals surface area contributed by atoms with Crippen LogP contribution in [0.15, 0.2) is 17.0 Å². The third-order valence-electron chi connectivity index (χ3n) is 5.82. The molecule has 2 atom stereocenters. The molecule has 126 valence electrons. The Hall–Kier alpha value is -1.40. The largest absolute Gasteiger partial charge is 0.384 e. The molecule has 0 aromatic carbocycles. The average molecular weight is 319 g/mol. The molecule has 1 saturated carbocycles. The van der Waals surface area contributed by atoms with Crippen molar-refractivity contribution in [2.24, 2.45) is 17.3 Å². The maximum absolute atomic E-state index is 12.6. The molecule has 1 aromatic heterocycles. The summed E-state index contributed by atoms with van der Waals surface area (Å²) < 4.78 is 10.3. The Balaban J connectivity index is 1.46. The van der Waals surface area contributed by atoms with Crippen LogP contribution in [0.25, 0.3) is 0 Å². The van der Waals surface area contributed by atoms with Crippen molar-refractivity contribution in [1.29, 1.82) is 0 Å². The van der Waals surface area contributed by atoms with Crippen LogP contribution in [0.1, 0.15) is 29.6 Å². The van der Waals surface area contributed by atoms with Crippen LogP contribution in [0.2, 0.25) is 0 Å². The van der Waals surface area contributed by atoms with Crippen LogP contribution in [0, 0.1) is 17.3 Å². The van der Waals surface area contributed by atoms with Crippen molar-refractivity contribution < 1.29 is 14.1 Å². The molecule has 1 amide bonds. The first-order chi connectivity index (χ1) is 11.2. The normalized spacial score (nSPS) is 31.3. The fraction of sp³-hybridized carbons (Fsp3) is 0.765. The minimum Gasteiger partial charge on any atom is -0.384 e. The lowest BCUT2D eigenvalue weighted by molar-refractivity contribution is 0.0715. The van der Waals surface area contributed by atoms with Gasteiger partial charge < -0.3 is 19.1 Å². The summed E-state index contributed by atoms with van der Waals surface area (Å²) in [7, 11) is 1.78. The highest BCUT2D eigenvalue weighted by Gasteiger charge is 2.51. The van der Waals surface area contributed by atoms with Crippen molar-refractivity contribution in [2.75, 3.05) is 46.4 Å². The summed E-state index contributed by atoms with van der Waals surface area (Å²) in [6, 6.07) is 0. The predicted molar refractivity (Wildman–Crippen MR) is 84.0 cm³/mol. The van der Waals surface area contributed by atoms with Gasteiger partial charge in [0.05, 0.1) is 18.4 Å². The summed E-state index contributed by atoms with van der Waals surface area (Å²) in [4.78, 5) is 17.1. The second-order valence-electron chi connectivity index (χ2n) is 7.54. The van der Waals surface area contributed by atoms with Gasteiger partial charge in [0.2, 0.25) is 0 Å². The summed E-state index contributed by atoms with van der Waals surface area (Å²) in [5.41, 5.74) is 0.746. The molecule has 1 aromatic rings. The standard InChI is InChI=1S/C17H25N3O3/c1-22-10-15-8-19(7-13-2-3-13)11-17(15)4-5-20(12-17)16(21)14-6-18-23-9-14/h6,9,13,15H,2-5,7-8,10-12H2,1H3/t15-,17-/m0/s1. The van der Waals surface area contributed by atoms with Crippen molar-refractivity contribution in [3.63, 3.8) is 0 Å². The van der Waals surface area contributed by atoms with Crippen LogP contribution in [-0.2, 0) is 4.74 Å². The highest BCUT2D eigenvalue weighted by Crippen LogP contribution is 2.45. The van der Waals surface area contributed by atoms with Crippen LogP contribution in [-0.4, -0.2) is 67.3 Å². The minimum absolute atomic E-state index is 0.0416. The number of carbonyl (C=O) groups is 1. The van der Waals surface area contributed by atoms with E-state index in [0.29, 0.717) is 11.5 Å². The number of ether oxygens (including phenoxy) is 1. The minimum atomic E-state index is 0.0416. The van der Waals surface area contributed by atoms with Crippen LogP contribution >= 0.6 is 0 Å². The van der Waals surface area contributed by atoms with E-state index in [-0.39, 0.29) is 11.3 Å². The summed E-state index contributed by atoms with van der Waals surface area (Å²) in [5.74, 6) is 1.47. The molecule has 1 spiro atoms. The topological polar surface area (TPSA) is 58.8 Å². The van der Waals surface area contributed by atoms with E-state index in [1.54, 1.807) is 7.11 Å². The van der Waals surface area contributed by atoms with Gasteiger partial charge in [-0.3, -0.25) is 4.79 Å². The third kappa shape index (κ3) is 2.90. The van der Waals surface area contributed by atoms with Crippen molar-refractivity contribution >= 4 is 5.91 Å². The first-order valence-electron chi connectivity index (χ1n) is 8.60. The molecular formula is C17H25N3O3. The molecule has 23 heavy (non-hydrogen) atoms. The Bertz CT molecular complexity index is 557. The van der Waals surface area contributed by atoms with E-state index in [1.165, 1.54) is 31.8 Å². The Morgan fingerprint density at radius 2 is 2.35 bits per heavy atom. The molecule has 3 aliphatic rings. The lowest BCUT2D eigenvalue weighted by Gasteiger charge is -2.30. The lowest BCUT2D eigenvalue weighted by Crippen LogP contribution is -2.38. The average Bonchev–Trinajstić information content (AvgIpc) is 2.96. The van der Waals surface area contributed by atoms with Gasteiger partial charge in [0, 0.05) is 51.2 Å². The van der Waals surface area contributed by atoms with Gasteiger partial charge in [-0.1, -0.05) is 5.16 Å². The highest BCUT2D eigenvalue weighted by molar-refractivity contribution is 5.93. The molecular weight excluding hydrogens is 294 g/mol. The van der Waals surface area contributed by atoms with E-state index in [1.807, 2.05) is 4.90 Å². The smallest absolute Gasteiger partial charge is 0.258 e. The van der Waals surface area contributed by atoms with Crippen molar-refractivity contribution in [3.8, 4) is 0 Å². The summed E-state index contributed by atoms with van der Waals surface area (Å²) in [6.07, 6.45) is 6.79. The number of rotatable bonds is 5. The van der Waals surface area contributed by atoms with Crippen molar-refractivity contribution in [1.82, 2.24) is 15.0 Å². The first kappa shape index (κ1) is 15.1. The van der Waals surface area contributed by atoms with Gasteiger partial charge in [-0.2, -0.15) is 0 Å². The molecule has 3 fully saturated rings. The number of carbonyl (C=O) groups excluding carboxylic acids is 1. The highest BCUT2D eigenvalue weighted by atomic mass is 16.5. The van der Waals surface area contributed by atoms with E-state index < -0.39 is 0 Å². The Morgan fingerprint density at radius 3 is 3.04 bits per heavy atom. The maximum Gasteiger partial charge on any atom is 0.258 e. The predicted octanol–water partition coefficient (Wildman–Crippen LogP) is 1.50. The number of nitrogens with zero attached hydrogens (tertiary/aromatic N) is 3. The number of likely N-dealkylation sites (tertiary alicyclic amines) is 2. The lowest BCUT2D eigenvalue weighted by atomic mass is 9.77. The fourth-order valence-corrected chi connectivity index (χ4v) is 4.40. The van der Waals surface area contributed by atoms with Crippen LogP contribution < -0.4 is 0 Å². The van der Waals surface area contributed by atoms with Gasteiger partial charge in [-0.05, 0) is 25.2 Å². The maximum atomic E-state index is 12.6. The third-order valence-corrected chi connectivity index (χ3v) is 5.82. The Labute approximate surface area is 136 Å². The zero-order chi connectivity index (χ0) is 15.9. The van der Waals surface area contributed by atoms with Gasteiger partial charge in [0.1, 0.15) is 6.26 Å². The molecule has 0 unspecified atom stereocenters. The molecule has 6 nitrogen and oxygen atoms in total. The Kier molecular flexibility index (Phi) is 3.89. The van der Waals surface area contributed by atoms with E-state index in [0.717, 1.165) is 45.1 Å². The van der Waals surface area contributed by atoms with Gasteiger partial charge in [0.15, 0.2) is 0 Å². The summed E-state index contributed by atoms with van der Waals surface area (Å²) in [5, 5.41) is 3.65. The molecule has 3 heterocycles. The van der Waals surface area contributed by atoms with Crippen molar-refractivity contribution in [2.45, 2.75) is 19.3 Å². The molecule has 0 N–H and O–H groups in total. The van der Waals surface area contributed by atoms with Crippen LogP contribution in [0.4, 0.5) is 0 Å². The van der Waals surface area contributed by atoms with Crippen LogP contribution in [0.3, 0.4) is 0 Å². The molecule has 1 aliphatic carbocycles. The number of hydrogen-bond acceptors (Lipinski definition) is 5. The van der Waals surface area contributed by atoms with E-state index in [9.17, 15) is 4.79 Å². The number of aromatic nitrogens is 1. The van der Waals surface area contributed by atoms with E-state index in [4.69, 9.17) is 9.26 Å². The monoisotopic (exact) mass is 319 g/mol. The van der Waals surface area contributed by atoms with Gasteiger partial charge in [-0.15, -0.1) is 0 Å². The summed E-state index contributed by atoms with van der Waals surface area (Å²) >= 11 is 0. The fourth-order valence-electron chi connectivity index (χ4n) is 4.40. The second kappa shape index (κ2) is 5.91. The quantitative estimate of drug-likeness (QED) is 0.823. The first-order valence-corrected chi connectivity index (χ1v) is 8.60. The SMILES string of the molecule is COC[C@@H]1CN(CC2CC2)C[C@]12CCN(C(=O)c1cnoc1)C2. The van der Waals surface area contributed by atoms with Gasteiger partial charge in [0.25, 0.3) is 5.91 Å². The van der Waals surface area contributed by atoms with Crippen molar-refractivity contribution in [3.05, 3.63) is 18.0 Å². The van der Waals surface area contributed by atoms with Gasteiger partial charge >= 0.3 is 0 Å². The molecule has 0 radical (unpaired) electrons. The number of amides is 1. The van der Waals surface area contributed by atoms with Crippen LogP contribution in [0.5, 0.6) is 0 Å². The molecule has 6 heteroatoms. The molecule has 0 bridgehead atoms. The molecule has 2 saturated heterocycles. The summed E-state index contributed by atoms with van der Waals surface area (Å²) in [6.45, 7) is 5.87. The van der Waals surface area contributed by atoms with E-state index in [2.05, 4.69) is 10.1 Å². The zero-order valence-electron chi connectivity index (χ0n) is 13.7. The number of hydrogen-bond donors (Lipinski definition) is 0. The Morgan fingerprint density at radius 1 is 1.48 bits per heavy atom.